The fourth-order valence-electron chi connectivity index (χ4n) is 1.81. The van der Waals surface area contributed by atoms with Crippen molar-refractivity contribution in [3.63, 3.8) is 0 Å². The molecule has 1 heterocycles. The van der Waals surface area contributed by atoms with Crippen LogP contribution in [0.5, 0.6) is 5.75 Å². The number of rotatable bonds is 3. The zero-order valence-electron chi connectivity index (χ0n) is 10.8. The summed E-state index contributed by atoms with van der Waals surface area (Å²) in [4.78, 5) is 4.60. The van der Waals surface area contributed by atoms with Gasteiger partial charge in [-0.05, 0) is 42.5 Å². The first kappa shape index (κ1) is 9.91. The van der Waals surface area contributed by atoms with Crippen LogP contribution in [0.1, 0.15) is 0 Å². The van der Waals surface area contributed by atoms with Crippen LogP contribution in [0.25, 0.3) is 20.8 Å². The van der Waals surface area contributed by atoms with E-state index >= 15 is 0 Å². The van der Waals surface area contributed by atoms with Crippen LogP contribution < -0.4 is 5.32 Å². The van der Waals surface area contributed by atoms with E-state index in [1.807, 2.05) is 43.4 Å². The third kappa shape index (κ3) is 1.91. The normalized spacial score (nSPS) is 11.3. The SMILES string of the molecule is [3H]Oc1ccc2nc(-c3ccc(NC)cc3)sc2c1. The van der Waals surface area contributed by atoms with Crippen LogP contribution in [0.4, 0.5) is 5.69 Å². The summed E-state index contributed by atoms with van der Waals surface area (Å²) in [6, 6.07) is 13.6. The molecule has 0 fully saturated rings. The minimum Gasteiger partial charge on any atom is -0.508 e. The lowest BCUT2D eigenvalue weighted by Gasteiger charge is -2.00. The van der Waals surface area contributed by atoms with E-state index in [0.717, 1.165) is 26.5 Å². The van der Waals surface area contributed by atoms with Gasteiger partial charge in [-0.3, -0.25) is 0 Å². The van der Waals surface area contributed by atoms with Crippen molar-refractivity contribution in [2.45, 2.75) is 0 Å². The Hall–Kier alpha value is -2.07. The second-order valence-electron chi connectivity index (χ2n) is 3.98. The number of fused-ring (bicyclic) bond motifs is 1. The molecular weight excluding hydrogens is 244 g/mol. The largest absolute Gasteiger partial charge is 0.508 e. The highest BCUT2D eigenvalue weighted by Crippen LogP contribution is 2.32. The molecule has 0 saturated heterocycles. The molecule has 0 unspecified atom stereocenters. The van der Waals surface area contributed by atoms with Gasteiger partial charge < -0.3 is 10.4 Å². The van der Waals surface area contributed by atoms with Crippen molar-refractivity contribution in [3.05, 3.63) is 42.5 Å². The molecule has 3 aromatic rings. The molecule has 0 radical (unpaired) electrons. The molecule has 0 aliphatic heterocycles. The van der Waals surface area contributed by atoms with Gasteiger partial charge in [0.1, 0.15) is 10.8 Å². The molecule has 3 nitrogen and oxygen atoms in total. The van der Waals surface area contributed by atoms with Crippen LogP contribution in [0, 0.1) is 0 Å². The minimum absolute atomic E-state index is 0.535. The zero-order chi connectivity index (χ0) is 13.2. The Labute approximate surface area is 110 Å². The Morgan fingerprint density at radius 2 is 2.06 bits per heavy atom. The van der Waals surface area contributed by atoms with Crippen molar-refractivity contribution in [1.29, 1.82) is 1.43 Å². The van der Waals surface area contributed by atoms with Crippen LogP contribution >= 0.6 is 11.3 Å². The second-order valence-corrected chi connectivity index (χ2v) is 5.01. The average Bonchev–Trinajstić information content (AvgIpc) is 2.90. The molecule has 0 aliphatic rings. The maximum absolute atomic E-state index is 6.91. The Kier molecular flexibility index (Phi) is 2.37. The van der Waals surface area contributed by atoms with Gasteiger partial charge in [-0.2, -0.15) is 0 Å². The van der Waals surface area contributed by atoms with Crippen molar-refractivity contribution in [3.8, 4) is 16.3 Å². The molecule has 0 saturated carbocycles. The van der Waals surface area contributed by atoms with Crippen LogP contribution in [0.2, 0.25) is 0 Å². The van der Waals surface area contributed by atoms with Gasteiger partial charge in [-0.25, -0.2) is 4.98 Å². The van der Waals surface area contributed by atoms with E-state index in [1.54, 1.807) is 17.4 Å². The molecule has 1 aromatic heterocycles. The van der Waals surface area contributed by atoms with Gasteiger partial charge in [0.05, 0.1) is 10.2 Å². The molecule has 0 spiro atoms. The average molecular weight is 258 g/mol. The number of hydrogen-bond donors (Lipinski definition) is 2. The van der Waals surface area contributed by atoms with E-state index in [-0.39, 0.29) is 0 Å². The van der Waals surface area contributed by atoms with E-state index in [9.17, 15) is 0 Å². The number of aromatic nitrogens is 1. The van der Waals surface area contributed by atoms with Crippen molar-refractivity contribution in [2.24, 2.45) is 0 Å². The van der Waals surface area contributed by atoms with Gasteiger partial charge in [0, 0.05) is 18.3 Å². The standard InChI is InChI=1S/C14H12N2OS/c1-15-10-4-2-9(3-5-10)14-16-12-7-6-11(17)8-13(12)18-14/h2-8,15,17H,1H3/i/hT. The van der Waals surface area contributed by atoms with Crippen LogP contribution in [0.15, 0.2) is 42.5 Å². The van der Waals surface area contributed by atoms with Gasteiger partial charge in [0.2, 0.25) is 0 Å². The van der Waals surface area contributed by atoms with E-state index in [2.05, 4.69) is 15.4 Å². The van der Waals surface area contributed by atoms with E-state index in [4.69, 9.17) is 1.43 Å². The predicted molar refractivity (Wildman–Crippen MR) is 76.3 cm³/mol. The van der Waals surface area contributed by atoms with Crippen molar-refractivity contribution in [1.82, 2.24) is 4.98 Å². The maximum Gasteiger partial charge on any atom is 0.293 e. The molecule has 4 heteroatoms. The Balaban J connectivity index is 2.04. The molecule has 0 bridgehead atoms. The number of hydrogen-bond acceptors (Lipinski definition) is 4. The molecule has 0 aliphatic carbocycles. The fraction of sp³-hybridized carbons (Fsp3) is 0.0714. The summed E-state index contributed by atoms with van der Waals surface area (Å²) in [6.45, 7) is 0. The number of nitrogens with zero attached hydrogens (tertiary/aromatic N) is 1. The molecule has 2 N–H and O–H groups in total. The zero-order valence-corrected chi connectivity index (χ0v) is 10.6. The Morgan fingerprint density at radius 1 is 1.22 bits per heavy atom. The second kappa shape index (κ2) is 4.31. The molecule has 18 heavy (non-hydrogen) atoms. The molecule has 0 atom stereocenters. The third-order valence-electron chi connectivity index (χ3n) is 2.78. The highest BCUT2D eigenvalue weighted by molar-refractivity contribution is 7.21. The van der Waals surface area contributed by atoms with E-state index in [0.29, 0.717) is 5.75 Å². The number of phenolic OH excluding ortho intramolecular Hbond substituents is 1. The summed E-state index contributed by atoms with van der Waals surface area (Å²) >= 11 is 1.60. The quantitative estimate of drug-likeness (QED) is 0.752. The number of thiazole rings is 1. The van der Waals surface area contributed by atoms with Gasteiger partial charge >= 0.3 is 0 Å². The summed E-state index contributed by atoms with van der Waals surface area (Å²) in [6.07, 6.45) is 0. The number of aromatic hydroxyl groups is 1. The van der Waals surface area contributed by atoms with Crippen LogP contribution in [-0.4, -0.2) is 18.6 Å². The fourth-order valence-corrected chi connectivity index (χ4v) is 2.81. The minimum atomic E-state index is 0.535. The molecule has 2 aromatic carbocycles. The highest BCUT2D eigenvalue weighted by atomic mass is 32.1. The highest BCUT2D eigenvalue weighted by Gasteiger charge is 2.06. The van der Waals surface area contributed by atoms with Gasteiger partial charge in [0.15, 0.2) is 0 Å². The summed E-state index contributed by atoms with van der Waals surface area (Å²) in [5, 5.41) is 8.55. The Morgan fingerprint density at radius 3 is 2.78 bits per heavy atom. The van der Waals surface area contributed by atoms with Gasteiger partial charge in [-0.1, -0.05) is 0 Å². The number of phenols is 1. The van der Waals surface area contributed by atoms with Gasteiger partial charge in [-0.15, -0.1) is 11.3 Å². The lowest BCUT2D eigenvalue weighted by atomic mass is 10.2. The van der Waals surface area contributed by atoms with Crippen LogP contribution in [-0.2, 0) is 0 Å². The molecular formula is C14H12N2OS. The van der Waals surface area contributed by atoms with Gasteiger partial charge in [0.25, 0.3) is 1.43 Å². The van der Waals surface area contributed by atoms with Crippen LogP contribution in [0.3, 0.4) is 0 Å². The summed E-state index contributed by atoms with van der Waals surface area (Å²) in [7, 11) is 1.90. The number of nitrogens with one attached hydrogen (secondary N) is 1. The first-order chi connectivity index (χ1) is 9.30. The first-order valence-corrected chi connectivity index (χ1v) is 6.44. The smallest absolute Gasteiger partial charge is 0.293 e. The monoisotopic (exact) mass is 258 g/mol. The van der Waals surface area contributed by atoms with Crippen molar-refractivity contribution in [2.75, 3.05) is 12.4 Å². The predicted octanol–water partition coefficient (Wildman–Crippen LogP) is 3.71. The lowest BCUT2D eigenvalue weighted by Crippen LogP contribution is -1.86. The molecule has 90 valence electrons. The molecule has 3 rings (SSSR count). The molecule has 0 amide bonds. The summed E-state index contributed by atoms with van der Waals surface area (Å²) in [5.74, 6) is 0.535. The summed E-state index contributed by atoms with van der Waals surface area (Å²) < 4.78 is 7.94. The first-order valence-electron chi connectivity index (χ1n) is 6.03. The van der Waals surface area contributed by atoms with Crippen molar-refractivity contribution < 1.29 is 5.11 Å². The maximum atomic E-state index is 6.91. The number of anilines is 1. The van der Waals surface area contributed by atoms with E-state index < -0.39 is 0 Å². The summed E-state index contributed by atoms with van der Waals surface area (Å²) in [5.41, 5.74) is 3.10. The topological polar surface area (TPSA) is 45.2 Å². The number of benzene rings is 2. The Bertz CT molecular complexity index is 709. The van der Waals surface area contributed by atoms with Crippen molar-refractivity contribution >= 4 is 27.2 Å². The van der Waals surface area contributed by atoms with E-state index in [1.165, 1.54) is 0 Å². The third-order valence-corrected chi connectivity index (χ3v) is 3.85. The lowest BCUT2D eigenvalue weighted by molar-refractivity contribution is 0.476.